The predicted molar refractivity (Wildman–Crippen MR) is 104 cm³/mol. The van der Waals surface area contributed by atoms with E-state index in [4.69, 9.17) is 4.74 Å². The van der Waals surface area contributed by atoms with E-state index in [0.717, 1.165) is 38.3 Å². The van der Waals surface area contributed by atoms with Crippen molar-refractivity contribution in [3.05, 3.63) is 29.8 Å². The molecule has 0 saturated carbocycles. The number of nitrogens with zero attached hydrogens (tertiary/aromatic N) is 2. The van der Waals surface area contributed by atoms with Crippen LogP contribution in [-0.2, 0) is 16.0 Å². The van der Waals surface area contributed by atoms with E-state index in [9.17, 15) is 9.59 Å². The van der Waals surface area contributed by atoms with Gasteiger partial charge in [-0.2, -0.15) is 0 Å². The van der Waals surface area contributed by atoms with Gasteiger partial charge in [0.2, 0.25) is 11.8 Å². The molecule has 1 aromatic carbocycles. The first-order valence-electron chi connectivity index (χ1n) is 9.75. The van der Waals surface area contributed by atoms with Crippen LogP contribution >= 0.6 is 0 Å². The van der Waals surface area contributed by atoms with Gasteiger partial charge in [0.1, 0.15) is 11.9 Å². The Kier molecular flexibility index (Phi) is 6.68. The lowest BCUT2D eigenvalue weighted by molar-refractivity contribution is -0.125. The molecule has 27 heavy (non-hydrogen) atoms. The summed E-state index contributed by atoms with van der Waals surface area (Å²) in [5.41, 5.74) is 1.20. The van der Waals surface area contributed by atoms with Crippen molar-refractivity contribution < 1.29 is 14.3 Å². The first kappa shape index (κ1) is 19.6. The van der Waals surface area contributed by atoms with Gasteiger partial charge in [-0.1, -0.05) is 18.2 Å². The zero-order valence-corrected chi connectivity index (χ0v) is 16.2. The molecule has 2 aliphatic heterocycles. The van der Waals surface area contributed by atoms with E-state index >= 15 is 0 Å². The lowest BCUT2D eigenvalue weighted by Gasteiger charge is -2.34. The highest BCUT2D eigenvalue weighted by Crippen LogP contribution is 2.27. The number of carbonyl (C=O) groups excluding carboxylic acids is 2. The number of rotatable bonds is 7. The Hall–Kier alpha value is -2.12. The molecule has 0 aromatic heterocycles. The van der Waals surface area contributed by atoms with Gasteiger partial charge in [0.25, 0.3) is 0 Å². The van der Waals surface area contributed by atoms with E-state index in [0.29, 0.717) is 19.6 Å². The molecule has 1 aromatic rings. The van der Waals surface area contributed by atoms with Gasteiger partial charge in [0.05, 0.1) is 19.6 Å². The van der Waals surface area contributed by atoms with Crippen molar-refractivity contribution in [2.75, 3.05) is 45.8 Å². The third-order valence-electron chi connectivity index (χ3n) is 4.89. The lowest BCUT2D eigenvalue weighted by atomic mass is 10.1. The summed E-state index contributed by atoms with van der Waals surface area (Å²) in [6.07, 6.45) is 0.857. The SMILES string of the molecule is CC(C)NC(=O)CN1CCN(CC(=O)NCC2Cc3ccccc3O2)CC1. The maximum Gasteiger partial charge on any atom is 0.234 e. The van der Waals surface area contributed by atoms with Crippen LogP contribution in [0, 0.1) is 0 Å². The number of hydrogen-bond donors (Lipinski definition) is 2. The molecule has 7 heteroatoms. The smallest absolute Gasteiger partial charge is 0.234 e. The molecule has 1 unspecified atom stereocenters. The maximum absolute atomic E-state index is 12.2. The molecule has 1 atom stereocenters. The van der Waals surface area contributed by atoms with Crippen molar-refractivity contribution in [3.63, 3.8) is 0 Å². The molecular weight excluding hydrogens is 344 g/mol. The Morgan fingerprint density at radius 2 is 1.70 bits per heavy atom. The Labute approximate surface area is 161 Å². The standard InChI is InChI=1S/C20H30N4O3/c1-15(2)22-20(26)14-24-9-7-23(8-10-24)13-19(25)21-12-17-11-16-5-3-4-6-18(16)27-17/h3-6,15,17H,7-14H2,1-2H3,(H,21,25)(H,22,26). The Bertz CT molecular complexity index is 631. The first-order chi connectivity index (χ1) is 13.0. The van der Waals surface area contributed by atoms with Gasteiger partial charge < -0.3 is 15.4 Å². The van der Waals surface area contributed by atoms with Crippen LogP contribution in [0.5, 0.6) is 5.75 Å². The van der Waals surface area contributed by atoms with Gasteiger partial charge in [-0.25, -0.2) is 0 Å². The summed E-state index contributed by atoms with van der Waals surface area (Å²) in [7, 11) is 0. The normalized spacial score (nSPS) is 20.2. The fourth-order valence-electron chi connectivity index (χ4n) is 3.53. The highest BCUT2D eigenvalue weighted by atomic mass is 16.5. The number of benzene rings is 1. The maximum atomic E-state index is 12.2. The summed E-state index contributed by atoms with van der Waals surface area (Å²) in [5, 5.41) is 5.90. The highest BCUT2D eigenvalue weighted by Gasteiger charge is 2.24. The second-order valence-corrected chi connectivity index (χ2v) is 7.63. The molecule has 2 N–H and O–H groups in total. The highest BCUT2D eigenvalue weighted by molar-refractivity contribution is 5.78. The predicted octanol–water partition coefficient (Wildman–Crippen LogP) is 0.249. The number of ether oxygens (including phenoxy) is 1. The Balaban J connectivity index is 1.31. The molecule has 0 bridgehead atoms. The molecular formula is C20H30N4O3. The van der Waals surface area contributed by atoms with Crippen LogP contribution in [0.4, 0.5) is 0 Å². The number of para-hydroxylation sites is 1. The summed E-state index contributed by atoms with van der Waals surface area (Å²) in [4.78, 5) is 28.3. The van der Waals surface area contributed by atoms with Gasteiger partial charge in [-0.3, -0.25) is 19.4 Å². The van der Waals surface area contributed by atoms with Crippen molar-refractivity contribution >= 4 is 11.8 Å². The van der Waals surface area contributed by atoms with Crippen molar-refractivity contribution in [1.29, 1.82) is 0 Å². The van der Waals surface area contributed by atoms with E-state index in [1.807, 2.05) is 32.0 Å². The summed E-state index contributed by atoms with van der Waals surface area (Å²) >= 11 is 0. The minimum absolute atomic E-state index is 0.0164. The number of nitrogens with one attached hydrogen (secondary N) is 2. The molecule has 0 spiro atoms. The number of hydrogen-bond acceptors (Lipinski definition) is 5. The van der Waals surface area contributed by atoms with E-state index in [1.165, 1.54) is 5.56 Å². The molecule has 7 nitrogen and oxygen atoms in total. The van der Waals surface area contributed by atoms with Crippen LogP contribution in [0.25, 0.3) is 0 Å². The third kappa shape index (κ3) is 5.94. The van der Waals surface area contributed by atoms with Crippen LogP contribution in [0.15, 0.2) is 24.3 Å². The zero-order chi connectivity index (χ0) is 19.2. The second-order valence-electron chi connectivity index (χ2n) is 7.63. The number of fused-ring (bicyclic) bond motifs is 1. The van der Waals surface area contributed by atoms with Crippen LogP contribution in [0.2, 0.25) is 0 Å². The van der Waals surface area contributed by atoms with Gasteiger partial charge in [0.15, 0.2) is 0 Å². The number of amides is 2. The molecule has 0 aliphatic carbocycles. The van der Waals surface area contributed by atoms with Crippen LogP contribution in [0.1, 0.15) is 19.4 Å². The fourth-order valence-corrected chi connectivity index (χ4v) is 3.53. The largest absolute Gasteiger partial charge is 0.488 e. The molecule has 2 aliphatic rings. The molecule has 1 fully saturated rings. The minimum atomic E-state index is 0.0164. The van der Waals surface area contributed by atoms with Crippen molar-refractivity contribution in [2.45, 2.75) is 32.4 Å². The average Bonchev–Trinajstić information content (AvgIpc) is 3.04. The van der Waals surface area contributed by atoms with E-state index in [-0.39, 0.29) is 24.0 Å². The summed E-state index contributed by atoms with van der Waals surface area (Å²) in [6.45, 7) is 8.49. The molecule has 1 saturated heterocycles. The van der Waals surface area contributed by atoms with Crippen molar-refractivity contribution in [1.82, 2.24) is 20.4 Å². The topological polar surface area (TPSA) is 73.9 Å². The summed E-state index contributed by atoms with van der Waals surface area (Å²) < 4.78 is 5.85. The second kappa shape index (κ2) is 9.19. The van der Waals surface area contributed by atoms with Gasteiger partial charge in [-0.05, 0) is 25.5 Å². The van der Waals surface area contributed by atoms with Gasteiger partial charge in [0, 0.05) is 38.6 Å². The van der Waals surface area contributed by atoms with Crippen molar-refractivity contribution in [3.8, 4) is 5.75 Å². The van der Waals surface area contributed by atoms with E-state index in [2.05, 4.69) is 26.5 Å². The monoisotopic (exact) mass is 374 g/mol. The quantitative estimate of drug-likeness (QED) is 0.716. The van der Waals surface area contributed by atoms with Crippen molar-refractivity contribution in [2.24, 2.45) is 0 Å². The van der Waals surface area contributed by atoms with Crippen LogP contribution < -0.4 is 15.4 Å². The number of piperazine rings is 1. The lowest BCUT2D eigenvalue weighted by Crippen LogP contribution is -2.52. The van der Waals surface area contributed by atoms with E-state index < -0.39 is 0 Å². The Morgan fingerprint density at radius 1 is 1.07 bits per heavy atom. The first-order valence-corrected chi connectivity index (χ1v) is 9.75. The summed E-state index contributed by atoms with van der Waals surface area (Å²) in [5.74, 6) is 1.02. The van der Waals surface area contributed by atoms with Gasteiger partial charge in [-0.15, -0.1) is 0 Å². The molecule has 3 rings (SSSR count). The third-order valence-corrected chi connectivity index (χ3v) is 4.89. The van der Waals surface area contributed by atoms with Crippen LogP contribution in [-0.4, -0.2) is 79.6 Å². The molecule has 2 heterocycles. The van der Waals surface area contributed by atoms with Crippen LogP contribution in [0.3, 0.4) is 0 Å². The Morgan fingerprint density at radius 3 is 2.33 bits per heavy atom. The molecule has 0 radical (unpaired) electrons. The molecule has 2 amide bonds. The zero-order valence-electron chi connectivity index (χ0n) is 16.2. The minimum Gasteiger partial charge on any atom is -0.488 e. The number of carbonyl (C=O) groups is 2. The van der Waals surface area contributed by atoms with E-state index in [1.54, 1.807) is 0 Å². The van der Waals surface area contributed by atoms with Gasteiger partial charge >= 0.3 is 0 Å². The fraction of sp³-hybridized carbons (Fsp3) is 0.600. The average molecular weight is 374 g/mol. The molecule has 148 valence electrons. The summed E-state index contributed by atoms with van der Waals surface area (Å²) in [6, 6.07) is 8.18.